The minimum absolute atomic E-state index is 0.299. The quantitative estimate of drug-likeness (QED) is 0.904. The summed E-state index contributed by atoms with van der Waals surface area (Å²) < 4.78 is 0. The van der Waals surface area contributed by atoms with Gasteiger partial charge in [0.05, 0.1) is 0 Å². The van der Waals surface area contributed by atoms with E-state index in [4.69, 9.17) is 0 Å². The smallest absolute Gasteiger partial charge is 0.0446 e. The monoisotopic (exact) mass is 316 g/mol. The third-order valence-corrected chi connectivity index (χ3v) is 5.82. The topological polar surface area (TPSA) is 26.7 Å². The van der Waals surface area contributed by atoms with Gasteiger partial charge in [-0.2, -0.15) is 0 Å². The van der Waals surface area contributed by atoms with Gasteiger partial charge in [-0.25, -0.2) is 0 Å². The molecule has 0 radical (unpaired) electrons. The second kappa shape index (κ2) is 8.27. The second-order valence-corrected chi connectivity index (χ2v) is 7.35. The molecular formula is C20H32N2O. The van der Waals surface area contributed by atoms with Gasteiger partial charge in [-0.15, -0.1) is 0 Å². The van der Waals surface area contributed by atoms with Crippen LogP contribution in [-0.2, 0) is 6.54 Å². The summed E-state index contributed by atoms with van der Waals surface area (Å²) >= 11 is 0. The number of hydrogen-bond donors (Lipinski definition) is 1. The molecule has 2 fully saturated rings. The summed E-state index contributed by atoms with van der Waals surface area (Å²) in [5.74, 6) is 0. The Morgan fingerprint density at radius 2 is 1.87 bits per heavy atom. The average Bonchev–Trinajstić information content (AvgIpc) is 2.59. The zero-order valence-electron chi connectivity index (χ0n) is 14.6. The Morgan fingerprint density at radius 1 is 1.09 bits per heavy atom. The maximum absolute atomic E-state index is 9.51. The fourth-order valence-corrected chi connectivity index (χ4v) is 4.33. The zero-order valence-corrected chi connectivity index (χ0v) is 14.6. The summed E-state index contributed by atoms with van der Waals surface area (Å²) in [6, 6.07) is 10.0. The Kier molecular flexibility index (Phi) is 6.09. The van der Waals surface area contributed by atoms with Crippen LogP contribution in [-0.4, -0.2) is 53.2 Å². The Labute approximate surface area is 141 Å². The molecule has 3 nitrogen and oxygen atoms in total. The van der Waals surface area contributed by atoms with E-state index in [1.54, 1.807) is 0 Å². The van der Waals surface area contributed by atoms with E-state index in [-0.39, 0.29) is 0 Å². The van der Waals surface area contributed by atoms with Crippen LogP contribution in [0.15, 0.2) is 24.3 Å². The Hall–Kier alpha value is -0.900. The molecule has 0 spiro atoms. The number of hydrogen-bond acceptors (Lipinski definition) is 3. The number of benzene rings is 1. The fourth-order valence-electron chi connectivity index (χ4n) is 4.33. The van der Waals surface area contributed by atoms with Crippen molar-refractivity contribution >= 4 is 0 Å². The van der Waals surface area contributed by atoms with Crippen molar-refractivity contribution in [3.63, 3.8) is 0 Å². The van der Waals surface area contributed by atoms with Gasteiger partial charge >= 0.3 is 0 Å². The fraction of sp³-hybridized carbons (Fsp3) is 0.700. The first-order valence-electron chi connectivity index (χ1n) is 9.41. The first-order chi connectivity index (χ1) is 11.3. The van der Waals surface area contributed by atoms with Crippen LogP contribution in [0.2, 0.25) is 0 Å². The molecule has 1 saturated carbocycles. The van der Waals surface area contributed by atoms with Gasteiger partial charge in [0.2, 0.25) is 0 Å². The van der Waals surface area contributed by atoms with Gasteiger partial charge in [-0.1, -0.05) is 43.5 Å². The molecule has 0 unspecified atom stereocenters. The van der Waals surface area contributed by atoms with Crippen LogP contribution in [0, 0.1) is 6.92 Å². The molecule has 3 heteroatoms. The highest BCUT2D eigenvalue weighted by atomic mass is 16.3. The third kappa shape index (κ3) is 4.34. The van der Waals surface area contributed by atoms with Crippen LogP contribution in [0.3, 0.4) is 0 Å². The number of aliphatic hydroxyl groups excluding tert-OH is 1. The summed E-state index contributed by atoms with van der Waals surface area (Å²) in [4.78, 5) is 5.31. The van der Waals surface area contributed by atoms with Crippen molar-refractivity contribution in [2.75, 3.05) is 26.2 Å². The number of piperazine rings is 1. The van der Waals surface area contributed by atoms with E-state index in [9.17, 15) is 5.11 Å². The van der Waals surface area contributed by atoms with E-state index < -0.39 is 0 Å². The molecule has 1 aromatic carbocycles. The Morgan fingerprint density at radius 3 is 2.61 bits per heavy atom. The molecule has 23 heavy (non-hydrogen) atoms. The lowest BCUT2D eigenvalue weighted by Crippen LogP contribution is -2.56. The molecule has 3 rings (SSSR count). The lowest BCUT2D eigenvalue weighted by molar-refractivity contribution is 0.0221. The lowest BCUT2D eigenvalue weighted by atomic mass is 9.92. The predicted octanol–water partition coefficient (Wildman–Crippen LogP) is 3.20. The molecule has 2 aliphatic rings. The van der Waals surface area contributed by atoms with Crippen LogP contribution in [0.4, 0.5) is 0 Å². The van der Waals surface area contributed by atoms with Gasteiger partial charge in [0, 0.05) is 44.9 Å². The second-order valence-electron chi connectivity index (χ2n) is 7.35. The summed E-state index contributed by atoms with van der Waals surface area (Å²) in [7, 11) is 0. The molecule has 1 aliphatic carbocycles. The van der Waals surface area contributed by atoms with Crippen molar-refractivity contribution < 1.29 is 5.11 Å². The molecular weight excluding hydrogens is 284 g/mol. The van der Waals surface area contributed by atoms with Gasteiger partial charge in [0.15, 0.2) is 0 Å². The highest BCUT2D eigenvalue weighted by molar-refractivity contribution is 5.25. The van der Waals surface area contributed by atoms with Gasteiger partial charge < -0.3 is 5.11 Å². The third-order valence-electron chi connectivity index (χ3n) is 5.82. The van der Waals surface area contributed by atoms with Crippen LogP contribution in [0.5, 0.6) is 0 Å². The number of rotatable bonds is 5. The normalized spacial score (nSPS) is 24.9. The van der Waals surface area contributed by atoms with E-state index in [2.05, 4.69) is 41.0 Å². The number of aryl methyl sites for hydroxylation is 1. The van der Waals surface area contributed by atoms with Crippen molar-refractivity contribution in [1.29, 1.82) is 0 Å². The van der Waals surface area contributed by atoms with Crippen molar-refractivity contribution in [3.05, 3.63) is 35.4 Å². The molecule has 1 aromatic rings. The predicted molar refractivity (Wildman–Crippen MR) is 95.5 cm³/mol. The molecule has 0 amide bonds. The van der Waals surface area contributed by atoms with E-state index >= 15 is 0 Å². The molecule has 0 aromatic heterocycles. The SMILES string of the molecule is Cc1ccccc1CN1CCN(C2CCCCC2)C[C@H]1CCO. The summed E-state index contributed by atoms with van der Waals surface area (Å²) in [6.45, 7) is 6.99. The van der Waals surface area contributed by atoms with Crippen molar-refractivity contribution in [1.82, 2.24) is 9.80 Å². The first kappa shape index (κ1) is 16.9. The van der Waals surface area contributed by atoms with Crippen molar-refractivity contribution in [2.24, 2.45) is 0 Å². The Bertz CT molecular complexity index is 484. The highest BCUT2D eigenvalue weighted by Crippen LogP contribution is 2.26. The standard InChI is InChI=1S/C20H32N2O/c1-17-7-5-6-8-18(17)15-21-12-13-22(16-20(21)11-14-23)19-9-3-2-4-10-19/h5-8,19-20,23H,2-4,9-16H2,1H3/t20-/m1/s1. The average molecular weight is 316 g/mol. The molecule has 0 bridgehead atoms. The molecule has 1 aliphatic heterocycles. The van der Waals surface area contributed by atoms with Crippen molar-refractivity contribution in [3.8, 4) is 0 Å². The van der Waals surface area contributed by atoms with Gasteiger partial charge in [-0.3, -0.25) is 9.80 Å². The van der Waals surface area contributed by atoms with Crippen LogP contribution >= 0.6 is 0 Å². The van der Waals surface area contributed by atoms with E-state index in [1.807, 2.05) is 0 Å². The van der Waals surface area contributed by atoms with E-state index in [1.165, 1.54) is 49.8 Å². The molecule has 1 N–H and O–H groups in total. The van der Waals surface area contributed by atoms with Crippen LogP contribution in [0.1, 0.15) is 49.7 Å². The zero-order chi connectivity index (χ0) is 16.1. The maximum atomic E-state index is 9.51. The highest BCUT2D eigenvalue weighted by Gasteiger charge is 2.31. The van der Waals surface area contributed by atoms with Gasteiger partial charge in [0.1, 0.15) is 0 Å². The Balaban J connectivity index is 1.63. The minimum Gasteiger partial charge on any atom is -0.396 e. The molecule has 1 saturated heterocycles. The molecule has 1 heterocycles. The van der Waals surface area contributed by atoms with Gasteiger partial charge in [-0.05, 0) is 37.3 Å². The number of nitrogens with zero attached hydrogens (tertiary/aromatic N) is 2. The van der Waals surface area contributed by atoms with E-state index in [0.717, 1.165) is 32.1 Å². The first-order valence-corrected chi connectivity index (χ1v) is 9.41. The maximum Gasteiger partial charge on any atom is 0.0446 e. The summed E-state index contributed by atoms with van der Waals surface area (Å²) in [5, 5.41) is 9.51. The summed E-state index contributed by atoms with van der Waals surface area (Å²) in [5.41, 5.74) is 2.81. The van der Waals surface area contributed by atoms with Gasteiger partial charge in [0.25, 0.3) is 0 Å². The lowest BCUT2D eigenvalue weighted by Gasteiger charge is -2.45. The van der Waals surface area contributed by atoms with Crippen LogP contribution in [0.25, 0.3) is 0 Å². The van der Waals surface area contributed by atoms with Crippen molar-refractivity contribution in [2.45, 2.75) is 64.1 Å². The molecule has 128 valence electrons. The summed E-state index contributed by atoms with van der Waals surface area (Å²) in [6.07, 6.45) is 7.88. The largest absolute Gasteiger partial charge is 0.396 e. The minimum atomic E-state index is 0.299. The molecule has 1 atom stereocenters. The van der Waals surface area contributed by atoms with Crippen LogP contribution < -0.4 is 0 Å². The van der Waals surface area contributed by atoms with E-state index in [0.29, 0.717) is 12.6 Å². The number of aliphatic hydroxyl groups is 1.